The minimum atomic E-state index is -0.262. The molecule has 2 aliphatic heterocycles. The number of ether oxygens (including phenoxy) is 2. The largest absolute Gasteiger partial charge is 0.454 e. The second kappa shape index (κ2) is 9.25. The van der Waals surface area contributed by atoms with Crippen LogP contribution in [0.15, 0.2) is 49.2 Å². The lowest BCUT2D eigenvalue weighted by molar-refractivity contribution is -0.122. The van der Waals surface area contributed by atoms with Crippen molar-refractivity contribution < 1.29 is 14.3 Å². The van der Waals surface area contributed by atoms with Gasteiger partial charge in [-0.05, 0) is 36.6 Å². The van der Waals surface area contributed by atoms with Crippen LogP contribution in [0, 0.1) is 0 Å². The van der Waals surface area contributed by atoms with E-state index in [1.807, 2.05) is 35.0 Å². The summed E-state index contributed by atoms with van der Waals surface area (Å²) < 4.78 is 12.7. The predicted octanol–water partition coefficient (Wildman–Crippen LogP) is 2.52. The minimum Gasteiger partial charge on any atom is -0.454 e. The molecule has 3 aromatic rings. The number of fused-ring (bicyclic) bond motifs is 1. The number of imidazole rings is 1. The van der Waals surface area contributed by atoms with Crippen molar-refractivity contribution in [2.24, 2.45) is 0 Å². The molecule has 32 heavy (non-hydrogen) atoms. The molecule has 166 valence electrons. The van der Waals surface area contributed by atoms with Crippen LogP contribution in [0.5, 0.6) is 11.5 Å². The summed E-state index contributed by atoms with van der Waals surface area (Å²) in [5.74, 6) is 2.97. The van der Waals surface area contributed by atoms with Gasteiger partial charge in [-0.1, -0.05) is 18.9 Å². The maximum absolute atomic E-state index is 13.2. The van der Waals surface area contributed by atoms with Crippen molar-refractivity contribution in [1.29, 1.82) is 0 Å². The Morgan fingerprint density at radius 1 is 1.12 bits per heavy atom. The molecule has 2 aliphatic rings. The number of carbonyl (C=O) groups excluding carboxylic acids is 1. The molecule has 1 saturated heterocycles. The van der Waals surface area contributed by atoms with E-state index >= 15 is 0 Å². The first-order chi connectivity index (χ1) is 15.8. The van der Waals surface area contributed by atoms with Gasteiger partial charge in [0.15, 0.2) is 11.5 Å². The van der Waals surface area contributed by atoms with E-state index in [-0.39, 0.29) is 18.7 Å². The van der Waals surface area contributed by atoms with Crippen LogP contribution in [0.4, 0.5) is 5.82 Å². The fraction of sp³-hybridized carbons (Fsp3) is 0.391. The summed E-state index contributed by atoms with van der Waals surface area (Å²) in [4.78, 5) is 28.6. The first kappa shape index (κ1) is 20.3. The molecule has 0 aliphatic carbocycles. The highest BCUT2D eigenvalue weighted by Gasteiger charge is 2.28. The standard InChI is InChI=1S/C23H26N6O3/c30-23(26-13-17-5-6-19-20(12-17)32-16-31-19)18-4-2-1-3-10-29(18)22-7-8-25-21(27-22)14-28-11-9-24-15-28/h5-9,11-12,15,18H,1-4,10,13-14,16H2,(H,26,30). The third-order valence-corrected chi connectivity index (χ3v) is 5.83. The fourth-order valence-corrected chi connectivity index (χ4v) is 4.18. The smallest absolute Gasteiger partial charge is 0.243 e. The number of hydrogen-bond acceptors (Lipinski definition) is 7. The van der Waals surface area contributed by atoms with Crippen molar-refractivity contribution in [3.8, 4) is 11.5 Å². The highest BCUT2D eigenvalue weighted by Crippen LogP contribution is 2.32. The summed E-state index contributed by atoms with van der Waals surface area (Å²) in [6.07, 6.45) is 11.1. The number of amides is 1. The molecule has 0 spiro atoms. The second-order valence-electron chi connectivity index (χ2n) is 8.03. The van der Waals surface area contributed by atoms with Gasteiger partial charge in [-0.25, -0.2) is 15.0 Å². The van der Waals surface area contributed by atoms with Crippen LogP contribution >= 0.6 is 0 Å². The van der Waals surface area contributed by atoms with Crippen molar-refractivity contribution in [2.75, 3.05) is 18.2 Å². The molecule has 4 heterocycles. The molecule has 1 fully saturated rings. The SMILES string of the molecule is O=C(NCc1ccc2c(c1)OCO2)C1CCCCCN1c1ccnc(Cn2ccnc2)n1. The van der Waals surface area contributed by atoms with Crippen LogP contribution < -0.4 is 19.7 Å². The fourth-order valence-electron chi connectivity index (χ4n) is 4.18. The zero-order valence-corrected chi connectivity index (χ0v) is 17.8. The van der Waals surface area contributed by atoms with E-state index in [1.54, 1.807) is 18.7 Å². The molecule has 2 aromatic heterocycles. The lowest BCUT2D eigenvalue weighted by Gasteiger charge is -2.30. The number of nitrogens with zero attached hydrogens (tertiary/aromatic N) is 5. The molecule has 5 rings (SSSR count). The summed E-state index contributed by atoms with van der Waals surface area (Å²) in [6, 6.07) is 7.37. The molecule has 0 radical (unpaired) electrons. The van der Waals surface area contributed by atoms with Crippen LogP contribution in [0.3, 0.4) is 0 Å². The monoisotopic (exact) mass is 434 g/mol. The number of hydrogen-bond donors (Lipinski definition) is 1. The Balaban J connectivity index is 1.29. The Hall–Kier alpha value is -3.62. The van der Waals surface area contributed by atoms with Gasteiger partial charge in [-0.2, -0.15) is 0 Å². The lowest BCUT2D eigenvalue weighted by Crippen LogP contribution is -2.47. The Kier molecular flexibility index (Phi) is 5.87. The van der Waals surface area contributed by atoms with Gasteiger partial charge in [0, 0.05) is 31.7 Å². The van der Waals surface area contributed by atoms with E-state index in [0.717, 1.165) is 55.1 Å². The van der Waals surface area contributed by atoms with Gasteiger partial charge in [-0.15, -0.1) is 0 Å². The van der Waals surface area contributed by atoms with Crippen molar-refractivity contribution in [3.63, 3.8) is 0 Å². The van der Waals surface area contributed by atoms with E-state index in [4.69, 9.17) is 14.5 Å². The topological polar surface area (TPSA) is 94.4 Å². The van der Waals surface area contributed by atoms with Crippen LogP contribution in [-0.4, -0.2) is 44.8 Å². The predicted molar refractivity (Wildman–Crippen MR) is 117 cm³/mol. The van der Waals surface area contributed by atoms with Crippen LogP contribution in [0.25, 0.3) is 0 Å². The molecule has 1 unspecified atom stereocenters. The zero-order valence-electron chi connectivity index (χ0n) is 17.8. The van der Waals surface area contributed by atoms with Gasteiger partial charge in [-0.3, -0.25) is 4.79 Å². The van der Waals surface area contributed by atoms with Gasteiger partial charge in [0.1, 0.15) is 17.7 Å². The van der Waals surface area contributed by atoms with E-state index in [1.165, 1.54) is 0 Å². The van der Waals surface area contributed by atoms with Gasteiger partial charge in [0.25, 0.3) is 0 Å². The second-order valence-corrected chi connectivity index (χ2v) is 8.03. The third kappa shape index (κ3) is 4.51. The van der Waals surface area contributed by atoms with E-state index in [2.05, 4.69) is 20.2 Å². The zero-order chi connectivity index (χ0) is 21.8. The van der Waals surface area contributed by atoms with E-state index < -0.39 is 0 Å². The number of carbonyl (C=O) groups is 1. The molecule has 9 nitrogen and oxygen atoms in total. The molecular formula is C23H26N6O3. The summed E-state index contributed by atoms with van der Waals surface area (Å²) in [5.41, 5.74) is 0.979. The van der Waals surface area contributed by atoms with Gasteiger partial charge in [0.05, 0.1) is 12.9 Å². The van der Waals surface area contributed by atoms with Gasteiger partial charge >= 0.3 is 0 Å². The quantitative estimate of drug-likeness (QED) is 0.637. The first-order valence-electron chi connectivity index (χ1n) is 11.0. The normalized spacial score (nSPS) is 17.8. The maximum atomic E-state index is 13.2. The molecule has 9 heteroatoms. The van der Waals surface area contributed by atoms with E-state index in [9.17, 15) is 4.79 Å². The maximum Gasteiger partial charge on any atom is 0.243 e. The van der Waals surface area contributed by atoms with Crippen molar-refractivity contribution >= 4 is 11.7 Å². The summed E-state index contributed by atoms with van der Waals surface area (Å²) in [5, 5.41) is 3.11. The van der Waals surface area contributed by atoms with Crippen molar-refractivity contribution in [1.82, 2.24) is 24.8 Å². The number of benzene rings is 1. The highest BCUT2D eigenvalue weighted by molar-refractivity contribution is 5.85. The third-order valence-electron chi connectivity index (χ3n) is 5.83. The Morgan fingerprint density at radius 2 is 2.06 bits per heavy atom. The van der Waals surface area contributed by atoms with Crippen LogP contribution in [0.1, 0.15) is 37.1 Å². The molecule has 0 bridgehead atoms. The summed E-state index contributed by atoms with van der Waals surface area (Å²) >= 11 is 0. The Labute approximate surface area is 186 Å². The number of aromatic nitrogens is 4. The minimum absolute atomic E-state index is 0.0133. The average Bonchev–Trinajstić information content (AvgIpc) is 3.43. The number of anilines is 1. The Bertz CT molecular complexity index is 1070. The highest BCUT2D eigenvalue weighted by atomic mass is 16.7. The van der Waals surface area contributed by atoms with Crippen molar-refractivity contribution in [3.05, 3.63) is 60.6 Å². The van der Waals surface area contributed by atoms with E-state index in [0.29, 0.717) is 18.9 Å². The average molecular weight is 435 g/mol. The van der Waals surface area contributed by atoms with Gasteiger partial charge < -0.3 is 24.3 Å². The summed E-state index contributed by atoms with van der Waals surface area (Å²) in [7, 11) is 0. The van der Waals surface area contributed by atoms with Crippen LogP contribution in [-0.2, 0) is 17.9 Å². The van der Waals surface area contributed by atoms with Gasteiger partial charge in [0.2, 0.25) is 12.7 Å². The molecule has 1 N–H and O–H groups in total. The molecular weight excluding hydrogens is 408 g/mol. The molecule has 0 saturated carbocycles. The molecule has 1 atom stereocenters. The van der Waals surface area contributed by atoms with Crippen molar-refractivity contribution in [2.45, 2.75) is 44.8 Å². The lowest BCUT2D eigenvalue weighted by atomic mass is 10.1. The molecule has 1 aromatic carbocycles. The Morgan fingerprint density at radius 3 is 2.97 bits per heavy atom. The van der Waals surface area contributed by atoms with Crippen LogP contribution in [0.2, 0.25) is 0 Å². The summed E-state index contributed by atoms with van der Waals surface area (Å²) in [6.45, 7) is 2.02. The number of rotatable bonds is 6. The molecule has 1 amide bonds. The first-order valence-corrected chi connectivity index (χ1v) is 11.0. The number of nitrogens with one attached hydrogen (secondary N) is 1.